The van der Waals surface area contributed by atoms with Gasteiger partial charge in [-0.1, -0.05) is 18.2 Å². The first-order valence-electron chi connectivity index (χ1n) is 8.16. The minimum atomic E-state index is 0. The maximum Gasteiger partial charge on any atom is 0.191 e. The van der Waals surface area contributed by atoms with E-state index in [4.69, 9.17) is 4.74 Å². The van der Waals surface area contributed by atoms with Crippen molar-refractivity contribution in [1.82, 2.24) is 20.4 Å². The summed E-state index contributed by atoms with van der Waals surface area (Å²) in [6.45, 7) is 7.49. The van der Waals surface area contributed by atoms with Crippen LogP contribution in [0.25, 0.3) is 0 Å². The fourth-order valence-corrected chi connectivity index (χ4v) is 2.48. The highest BCUT2D eigenvalue weighted by Crippen LogP contribution is 2.11. The van der Waals surface area contributed by atoms with Gasteiger partial charge in [-0.15, -0.1) is 24.0 Å². The molecule has 0 amide bonds. The number of halogens is 1. The van der Waals surface area contributed by atoms with Crippen LogP contribution in [0.15, 0.2) is 35.3 Å². The number of ether oxygens (including phenoxy) is 1. The highest BCUT2D eigenvalue weighted by molar-refractivity contribution is 14.0. The van der Waals surface area contributed by atoms with Gasteiger partial charge in [0.05, 0.1) is 12.2 Å². The van der Waals surface area contributed by atoms with Crippen LogP contribution in [-0.2, 0) is 13.6 Å². The molecule has 2 N–H and O–H groups in total. The van der Waals surface area contributed by atoms with Crippen LogP contribution < -0.4 is 15.4 Å². The molecule has 1 aromatic heterocycles. The average Bonchev–Trinajstić information content (AvgIpc) is 2.81. The predicted octanol–water partition coefficient (Wildman–Crippen LogP) is 2.79. The number of rotatable bonds is 6. The molecule has 2 rings (SSSR count). The second-order valence-electron chi connectivity index (χ2n) is 5.82. The zero-order valence-electron chi connectivity index (χ0n) is 15.5. The Labute approximate surface area is 167 Å². The Morgan fingerprint density at radius 1 is 1.24 bits per heavy atom. The first-order chi connectivity index (χ1) is 11.5. The summed E-state index contributed by atoms with van der Waals surface area (Å²) in [4.78, 5) is 4.26. The minimum Gasteiger partial charge on any atom is -0.489 e. The lowest BCUT2D eigenvalue weighted by Crippen LogP contribution is -2.41. The smallest absolute Gasteiger partial charge is 0.191 e. The molecule has 1 unspecified atom stereocenters. The van der Waals surface area contributed by atoms with E-state index in [1.807, 2.05) is 55.9 Å². The summed E-state index contributed by atoms with van der Waals surface area (Å²) in [5.74, 6) is 1.62. The van der Waals surface area contributed by atoms with E-state index in [9.17, 15) is 0 Å². The van der Waals surface area contributed by atoms with Crippen LogP contribution in [0.5, 0.6) is 5.75 Å². The second kappa shape index (κ2) is 10.3. The number of aromatic nitrogens is 2. The summed E-state index contributed by atoms with van der Waals surface area (Å²) in [6, 6.07) is 9.82. The fraction of sp³-hybridized carbons (Fsp3) is 0.444. The summed E-state index contributed by atoms with van der Waals surface area (Å²) in [7, 11) is 3.72. The number of aliphatic imine (C=N–C) groups is 1. The molecule has 0 aliphatic carbocycles. The molecule has 2 aromatic rings. The van der Waals surface area contributed by atoms with Gasteiger partial charge in [-0.25, -0.2) is 0 Å². The van der Waals surface area contributed by atoms with Gasteiger partial charge >= 0.3 is 0 Å². The number of hydrogen-bond donors (Lipinski definition) is 2. The molecule has 7 heteroatoms. The lowest BCUT2D eigenvalue weighted by Gasteiger charge is -2.17. The lowest BCUT2D eigenvalue weighted by molar-refractivity contribution is 0.224. The topological polar surface area (TPSA) is 63.5 Å². The molecule has 1 heterocycles. The van der Waals surface area contributed by atoms with Gasteiger partial charge in [-0.2, -0.15) is 5.10 Å². The van der Waals surface area contributed by atoms with Gasteiger partial charge in [0, 0.05) is 31.9 Å². The Kier molecular flexibility index (Phi) is 8.74. The molecule has 0 saturated heterocycles. The van der Waals surface area contributed by atoms with E-state index in [2.05, 4.69) is 27.6 Å². The third-order valence-corrected chi connectivity index (χ3v) is 3.95. The first kappa shape index (κ1) is 21.3. The molecule has 0 fully saturated rings. The van der Waals surface area contributed by atoms with Crippen molar-refractivity contribution in [2.24, 2.45) is 12.0 Å². The summed E-state index contributed by atoms with van der Waals surface area (Å²) in [5, 5.41) is 11.1. The van der Waals surface area contributed by atoms with E-state index in [0.717, 1.165) is 23.1 Å². The fourth-order valence-electron chi connectivity index (χ4n) is 2.48. The van der Waals surface area contributed by atoms with Crippen molar-refractivity contribution in [2.45, 2.75) is 33.4 Å². The predicted molar refractivity (Wildman–Crippen MR) is 113 cm³/mol. The Morgan fingerprint density at radius 3 is 2.48 bits per heavy atom. The molecule has 138 valence electrons. The van der Waals surface area contributed by atoms with Crippen LogP contribution in [0.3, 0.4) is 0 Å². The molecular formula is C18H28IN5O. The molecule has 6 nitrogen and oxygen atoms in total. The van der Waals surface area contributed by atoms with Crippen LogP contribution in [0.1, 0.15) is 23.9 Å². The third kappa shape index (κ3) is 6.22. The van der Waals surface area contributed by atoms with Crippen LogP contribution in [0.4, 0.5) is 0 Å². The summed E-state index contributed by atoms with van der Waals surface area (Å²) in [6.07, 6.45) is 0.0350. The molecule has 1 atom stereocenters. The number of aryl methyl sites for hydroxylation is 2. The molecule has 0 aliphatic rings. The lowest BCUT2D eigenvalue weighted by atomic mass is 10.2. The number of benzene rings is 1. The quantitative estimate of drug-likeness (QED) is 0.398. The van der Waals surface area contributed by atoms with E-state index < -0.39 is 0 Å². The normalized spacial score (nSPS) is 12.3. The van der Waals surface area contributed by atoms with Gasteiger partial charge in [0.25, 0.3) is 0 Å². The van der Waals surface area contributed by atoms with Gasteiger partial charge < -0.3 is 15.4 Å². The number of nitrogens with one attached hydrogen (secondary N) is 2. The van der Waals surface area contributed by atoms with Crippen molar-refractivity contribution in [3.8, 4) is 5.75 Å². The molecule has 0 saturated carbocycles. The van der Waals surface area contributed by atoms with Gasteiger partial charge in [-0.05, 0) is 32.9 Å². The van der Waals surface area contributed by atoms with Gasteiger partial charge in [0.2, 0.25) is 0 Å². The number of nitrogens with zero attached hydrogens (tertiary/aromatic N) is 3. The van der Waals surface area contributed by atoms with Crippen LogP contribution in [-0.4, -0.2) is 35.4 Å². The van der Waals surface area contributed by atoms with E-state index in [-0.39, 0.29) is 30.1 Å². The molecule has 0 aliphatic heterocycles. The van der Waals surface area contributed by atoms with E-state index >= 15 is 0 Å². The van der Waals surface area contributed by atoms with Gasteiger partial charge in [0.1, 0.15) is 11.9 Å². The third-order valence-electron chi connectivity index (χ3n) is 3.95. The summed E-state index contributed by atoms with van der Waals surface area (Å²) >= 11 is 0. The number of hydrogen-bond acceptors (Lipinski definition) is 3. The van der Waals surface area contributed by atoms with Gasteiger partial charge in [-0.3, -0.25) is 9.67 Å². The van der Waals surface area contributed by atoms with Gasteiger partial charge in [0.15, 0.2) is 5.96 Å². The van der Waals surface area contributed by atoms with E-state index in [0.29, 0.717) is 13.1 Å². The van der Waals surface area contributed by atoms with E-state index in [1.54, 1.807) is 7.05 Å². The average molecular weight is 457 g/mol. The molecule has 0 bridgehead atoms. The SMILES string of the molecule is CN=C(NCc1c(C)nn(C)c1C)NCC(C)Oc1ccccc1.I. The zero-order chi connectivity index (χ0) is 17.5. The maximum atomic E-state index is 5.85. The van der Waals surface area contributed by atoms with Crippen molar-refractivity contribution >= 4 is 29.9 Å². The Morgan fingerprint density at radius 2 is 1.92 bits per heavy atom. The van der Waals surface area contributed by atoms with Crippen molar-refractivity contribution in [3.05, 3.63) is 47.3 Å². The molecule has 0 radical (unpaired) electrons. The largest absolute Gasteiger partial charge is 0.489 e. The van der Waals surface area contributed by atoms with Crippen LogP contribution in [0, 0.1) is 13.8 Å². The highest BCUT2D eigenvalue weighted by atomic mass is 127. The minimum absolute atomic E-state index is 0. The summed E-state index contributed by atoms with van der Waals surface area (Å²) < 4.78 is 7.76. The highest BCUT2D eigenvalue weighted by Gasteiger charge is 2.10. The Balaban J connectivity index is 0.00000312. The zero-order valence-corrected chi connectivity index (χ0v) is 17.9. The molecule has 0 spiro atoms. The van der Waals surface area contributed by atoms with E-state index in [1.165, 1.54) is 5.56 Å². The molecular weight excluding hydrogens is 429 g/mol. The number of para-hydroxylation sites is 1. The Bertz CT molecular complexity index is 684. The Hall–Kier alpha value is -1.77. The first-order valence-corrected chi connectivity index (χ1v) is 8.16. The van der Waals surface area contributed by atoms with Crippen LogP contribution in [0.2, 0.25) is 0 Å². The van der Waals surface area contributed by atoms with Crippen molar-refractivity contribution < 1.29 is 4.74 Å². The van der Waals surface area contributed by atoms with Crippen molar-refractivity contribution in [1.29, 1.82) is 0 Å². The number of guanidine groups is 1. The van der Waals surface area contributed by atoms with Crippen LogP contribution >= 0.6 is 24.0 Å². The summed E-state index contributed by atoms with van der Waals surface area (Å²) in [5.41, 5.74) is 3.41. The molecule has 25 heavy (non-hydrogen) atoms. The second-order valence-corrected chi connectivity index (χ2v) is 5.82. The standard InChI is InChI=1S/C18H27N5O.HI/c1-13(24-16-9-7-6-8-10-16)11-20-18(19-4)21-12-17-14(2)22-23(5)15(17)3;/h6-10,13H,11-12H2,1-5H3,(H2,19,20,21);1H. The van der Waals surface area contributed by atoms with Crippen molar-refractivity contribution in [3.63, 3.8) is 0 Å². The molecule has 1 aromatic carbocycles. The maximum absolute atomic E-state index is 5.85. The monoisotopic (exact) mass is 457 g/mol. The van der Waals surface area contributed by atoms with Crippen molar-refractivity contribution in [2.75, 3.05) is 13.6 Å².